The van der Waals surface area contributed by atoms with E-state index in [0.717, 1.165) is 29.9 Å². The molecule has 2 rings (SSSR count). The minimum absolute atomic E-state index is 0.0185. The maximum Gasteiger partial charge on any atom is 0.125 e. The summed E-state index contributed by atoms with van der Waals surface area (Å²) >= 11 is 0. The molecule has 0 fully saturated rings. The highest BCUT2D eigenvalue weighted by Gasteiger charge is 2.30. The standard InChI is InChI=1S/C12H17NO2/c1-3-4-11-12(13)9-7-8(14-2)5-6-10(9)15-11/h5-7,11-12H,3-4,13H2,1-2H3. The number of rotatable bonds is 3. The van der Waals surface area contributed by atoms with E-state index in [1.807, 2.05) is 18.2 Å². The molecule has 15 heavy (non-hydrogen) atoms. The summed E-state index contributed by atoms with van der Waals surface area (Å²) in [5.74, 6) is 1.74. The van der Waals surface area contributed by atoms with Crippen LogP contribution in [0.3, 0.4) is 0 Å². The first-order chi connectivity index (χ1) is 7.26. The van der Waals surface area contributed by atoms with Crippen molar-refractivity contribution >= 4 is 0 Å². The summed E-state index contributed by atoms with van der Waals surface area (Å²) < 4.78 is 11.0. The number of hydrogen-bond acceptors (Lipinski definition) is 3. The molecule has 82 valence electrons. The third-order valence-electron chi connectivity index (χ3n) is 2.83. The van der Waals surface area contributed by atoms with Crippen molar-refractivity contribution in [2.75, 3.05) is 7.11 Å². The maximum atomic E-state index is 6.12. The van der Waals surface area contributed by atoms with Crippen LogP contribution in [0.15, 0.2) is 18.2 Å². The summed E-state index contributed by atoms with van der Waals surface area (Å²) in [7, 11) is 1.66. The summed E-state index contributed by atoms with van der Waals surface area (Å²) in [6.45, 7) is 2.14. The molecule has 1 aromatic carbocycles. The van der Waals surface area contributed by atoms with Gasteiger partial charge in [-0.2, -0.15) is 0 Å². The van der Waals surface area contributed by atoms with Gasteiger partial charge in [0.05, 0.1) is 13.2 Å². The lowest BCUT2D eigenvalue weighted by Gasteiger charge is -2.13. The fourth-order valence-corrected chi connectivity index (χ4v) is 1.98. The Morgan fingerprint density at radius 1 is 1.47 bits per heavy atom. The Bertz CT molecular complexity index is 351. The molecule has 0 aliphatic carbocycles. The van der Waals surface area contributed by atoms with E-state index in [-0.39, 0.29) is 12.1 Å². The zero-order chi connectivity index (χ0) is 10.8. The Morgan fingerprint density at radius 2 is 2.27 bits per heavy atom. The van der Waals surface area contributed by atoms with E-state index in [4.69, 9.17) is 15.2 Å². The molecular weight excluding hydrogens is 190 g/mol. The second-order valence-electron chi connectivity index (χ2n) is 3.87. The topological polar surface area (TPSA) is 44.5 Å². The van der Waals surface area contributed by atoms with Crippen LogP contribution in [-0.2, 0) is 0 Å². The second-order valence-corrected chi connectivity index (χ2v) is 3.87. The van der Waals surface area contributed by atoms with Crippen molar-refractivity contribution in [3.8, 4) is 11.5 Å². The highest BCUT2D eigenvalue weighted by Crippen LogP contribution is 2.38. The molecule has 0 spiro atoms. The van der Waals surface area contributed by atoms with E-state index < -0.39 is 0 Å². The monoisotopic (exact) mass is 207 g/mol. The van der Waals surface area contributed by atoms with Crippen molar-refractivity contribution in [3.63, 3.8) is 0 Å². The lowest BCUT2D eigenvalue weighted by atomic mass is 10.0. The Hall–Kier alpha value is -1.22. The summed E-state index contributed by atoms with van der Waals surface area (Å²) in [5, 5.41) is 0. The number of fused-ring (bicyclic) bond motifs is 1. The van der Waals surface area contributed by atoms with Crippen molar-refractivity contribution in [1.82, 2.24) is 0 Å². The molecule has 0 aromatic heterocycles. The lowest BCUT2D eigenvalue weighted by Crippen LogP contribution is -2.24. The second kappa shape index (κ2) is 4.11. The average Bonchev–Trinajstić information content (AvgIpc) is 2.56. The van der Waals surface area contributed by atoms with Gasteiger partial charge < -0.3 is 15.2 Å². The minimum Gasteiger partial charge on any atom is -0.497 e. The Balaban J connectivity index is 2.25. The first kappa shape index (κ1) is 10.3. The van der Waals surface area contributed by atoms with Gasteiger partial charge in [0, 0.05) is 5.56 Å². The number of ether oxygens (including phenoxy) is 2. The van der Waals surface area contributed by atoms with Crippen LogP contribution < -0.4 is 15.2 Å². The molecule has 3 nitrogen and oxygen atoms in total. The van der Waals surface area contributed by atoms with Gasteiger partial charge in [0.1, 0.15) is 17.6 Å². The van der Waals surface area contributed by atoms with Gasteiger partial charge in [0.15, 0.2) is 0 Å². The Kier molecular flexibility index (Phi) is 2.82. The molecule has 0 saturated carbocycles. The van der Waals surface area contributed by atoms with E-state index in [2.05, 4.69) is 6.92 Å². The highest BCUT2D eigenvalue weighted by molar-refractivity contribution is 5.45. The maximum absolute atomic E-state index is 6.12. The van der Waals surface area contributed by atoms with Crippen LogP contribution in [0.5, 0.6) is 11.5 Å². The van der Waals surface area contributed by atoms with Crippen molar-refractivity contribution in [2.45, 2.75) is 31.9 Å². The van der Waals surface area contributed by atoms with Crippen LogP contribution in [0.25, 0.3) is 0 Å². The molecule has 2 unspecified atom stereocenters. The SMILES string of the molecule is CCCC1Oc2ccc(OC)cc2C1N. The van der Waals surface area contributed by atoms with Crippen molar-refractivity contribution in [3.05, 3.63) is 23.8 Å². The van der Waals surface area contributed by atoms with Gasteiger partial charge in [-0.05, 0) is 24.6 Å². The van der Waals surface area contributed by atoms with Crippen LogP contribution in [0, 0.1) is 0 Å². The molecule has 0 radical (unpaired) electrons. The summed E-state index contributed by atoms with van der Waals surface area (Å²) in [5.41, 5.74) is 7.18. The molecule has 0 saturated heterocycles. The van der Waals surface area contributed by atoms with Crippen LogP contribution in [0.2, 0.25) is 0 Å². The van der Waals surface area contributed by atoms with Crippen molar-refractivity contribution in [1.29, 1.82) is 0 Å². The average molecular weight is 207 g/mol. The number of nitrogens with two attached hydrogens (primary N) is 1. The molecule has 1 aliphatic heterocycles. The normalized spacial score (nSPS) is 23.4. The van der Waals surface area contributed by atoms with Crippen LogP contribution >= 0.6 is 0 Å². The molecule has 2 atom stereocenters. The van der Waals surface area contributed by atoms with Gasteiger partial charge in [-0.15, -0.1) is 0 Å². The summed E-state index contributed by atoms with van der Waals surface area (Å²) in [6, 6.07) is 5.79. The lowest BCUT2D eigenvalue weighted by molar-refractivity contribution is 0.195. The first-order valence-electron chi connectivity index (χ1n) is 5.36. The molecule has 1 aliphatic rings. The molecule has 2 N–H and O–H groups in total. The molecule has 0 bridgehead atoms. The molecule has 0 amide bonds. The van der Waals surface area contributed by atoms with Crippen LogP contribution in [0.1, 0.15) is 31.4 Å². The number of hydrogen-bond donors (Lipinski definition) is 1. The van der Waals surface area contributed by atoms with Gasteiger partial charge in [-0.1, -0.05) is 13.3 Å². The van der Waals surface area contributed by atoms with E-state index in [9.17, 15) is 0 Å². The third-order valence-corrected chi connectivity index (χ3v) is 2.83. The fourth-order valence-electron chi connectivity index (χ4n) is 1.98. The smallest absolute Gasteiger partial charge is 0.125 e. The van der Waals surface area contributed by atoms with Gasteiger partial charge in [0.2, 0.25) is 0 Å². The summed E-state index contributed by atoms with van der Waals surface area (Å²) in [6.07, 6.45) is 2.21. The highest BCUT2D eigenvalue weighted by atomic mass is 16.5. The molecular formula is C12H17NO2. The Morgan fingerprint density at radius 3 is 2.93 bits per heavy atom. The third kappa shape index (κ3) is 1.79. The number of methoxy groups -OCH3 is 1. The molecule has 3 heteroatoms. The van der Waals surface area contributed by atoms with E-state index >= 15 is 0 Å². The van der Waals surface area contributed by atoms with Crippen LogP contribution in [0.4, 0.5) is 0 Å². The first-order valence-corrected chi connectivity index (χ1v) is 5.36. The Labute approximate surface area is 90.2 Å². The van der Waals surface area contributed by atoms with E-state index in [1.165, 1.54) is 0 Å². The predicted molar refractivity (Wildman–Crippen MR) is 59.2 cm³/mol. The zero-order valence-electron chi connectivity index (χ0n) is 9.19. The van der Waals surface area contributed by atoms with Crippen LogP contribution in [-0.4, -0.2) is 13.2 Å². The van der Waals surface area contributed by atoms with Crippen molar-refractivity contribution < 1.29 is 9.47 Å². The van der Waals surface area contributed by atoms with Gasteiger partial charge in [-0.25, -0.2) is 0 Å². The largest absolute Gasteiger partial charge is 0.497 e. The number of benzene rings is 1. The predicted octanol–water partition coefficient (Wildman–Crippen LogP) is 2.26. The summed E-state index contributed by atoms with van der Waals surface area (Å²) in [4.78, 5) is 0. The van der Waals surface area contributed by atoms with Gasteiger partial charge >= 0.3 is 0 Å². The quantitative estimate of drug-likeness (QED) is 0.826. The molecule has 1 heterocycles. The zero-order valence-corrected chi connectivity index (χ0v) is 9.19. The minimum atomic E-state index is -0.0185. The van der Waals surface area contributed by atoms with Crippen molar-refractivity contribution in [2.24, 2.45) is 5.73 Å². The fraction of sp³-hybridized carbons (Fsp3) is 0.500. The molecule has 1 aromatic rings. The van der Waals surface area contributed by atoms with E-state index in [0.29, 0.717) is 0 Å². The van der Waals surface area contributed by atoms with Gasteiger partial charge in [-0.3, -0.25) is 0 Å². The van der Waals surface area contributed by atoms with E-state index in [1.54, 1.807) is 7.11 Å². The van der Waals surface area contributed by atoms with Gasteiger partial charge in [0.25, 0.3) is 0 Å².